The van der Waals surface area contributed by atoms with Crippen LogP contribution in [-0.2, 0) is 4.84 Å². The van der Waals surface area contributed by atoms with E-state index in [1.54, 1.807) is 6.21 Å². The molecule has 2 aromatic carbocycles. The topological polar surface area (TPSA) is 40.0 Å². The third-order valence-electron chi connectivity index (χ3n) is 2.63. The van der Waals surface area contributed by atoms with Crippen LogP contribution < -0.4 is 9.47 Å². The lowest BCUT2D eigenvalue weighted by Crippen LogP contribution is -2.01. The van der Waals surface area contributed by atoms with Crippen molar-refractivity contribution in [3.63, 3.8) is 0 Å². The van der Waals surface area contributed by atoms with E-state index in [4.69, 9.17) is 14.3 Å². The average molecular weight is 285 g/mol. The molecule has 4 nitrogen and oxygen atoms in total. The molecule has 0 atom stereocenters. The highest BCUT2D eigenvalue weighted by atomic mass is 16.6. The first-order chi connectivity index (χ1) is 10.4. The maximum absolute atomic E-state index is 5.71. The maximum atomic E-state index is 5.71. The van der Waals surface area contributed by atoms with E-state index in [1.807, 2.05) is 61.5 Å². The van der Waals surface area contributed by atoms with E-state index in [9.17, 15) is 0 Å². The second-order valence-corrected chi connectivity index (χ2v) is 4.29. The average Bonchev–Trinajstić information content (AvgIpc) is 2.53. The van der Waals surface area contributed by atoms with Gasteiger partial charge in [-0.15, -0.1) is 0 Å². The van der Waals surface area contributed by atoms with Gasteiger partial charge in [-0.1, -0.05) is 23.4 Å². The molecule has 2 aromatic rings. The van der Waals surface area contributed by atoms with E-state index >= 15 is 0 Å². The van der Waals surface area contributed by atoms with Crippen LogP contribution in [0.15, 0.2) is 59.8 Å². The van der Waals surface area contributed by atoms with Crippen molar-refractivity contribution < 1.29 is 14.3 Å². The molecule has 0 aliphatic carbocycles. The standard InChI is InChI=1S/C17H19NO3/c1-2-18-20-14-6-13-19-15-9-11-17(12-10-15)21-16-7-4-3-5-8-16/h2-5,7-12H,6,13-14H2,1H3/b18-2+. The van der Waals surface area contributed by atoms with E-state index < -0.39 is 0 Å². The van der Waals surface area contributed by atoms with Gasteiger partial charge in [0, 0.05) is 12.6 Å². The first-order valence-electron chi connectivity index (χ1n) is 6.94. The molecule has 0 aromatic heterocycles. The van der Waals surface area contributed by atoms with E-state index in [-0.39, 0.29) is 0 Å². The van der Waals surface area contributed by atoms with Crippen molar-refractivity contribution in [2.75, 3.05) is 13.2 Å². The van der Waals surface area contributed by atoms with Gasteiger partial charge in [-0.25, -0.2) is 0 Å². The van der Waals surface area contributed by atoms with Gasteiger partial charge in [-0.05, 0) is 43.3 Å². The number of para-hydroxylation sites is 1. The Labute approximate surface area is 125 Å². The van der Waals surface area contributed by atoms with Gasteiger partial charge in [0.2, 0.25) is 0 Å². The highest BCUT2D eigenvalue weighted by molar-refractivity contribution is 5.52. The molecule has 0 radical (unpaired) electrons. The molecule has 0 saturated heterocycles. The summed E-state index contributed by atoms with van der Waals surface area (Å²) in [6.45, 7) is 2.97. The van der Waals surface area contributed by atoms with Crippen LogP contribution in [0.1, 0.15) is 13.3 Å². The van der Waals surface area contributed by atoms with Crippen LogP contribution >= 0.6 is 0 Å². The Balaban J connectivity index is 1.74. The van der Waals surface area contributed by atoms with Crippen molar-refractivity contribution in [2.24, 2.45) is 5.16 Å². The molecule has 0 bridgehead atoms. The Kier molecular flexibility index (Phi) is 6.13. The summed E-state index contributed by atoms with van der Waals surface area (Å²) in [5.74, 6) is 2.42. The lowest BCUT2D eigenvalue weighted by Gasteiger charge is -2.08. The second-order valence-electron chi connectivity index (χ2n) is 4.29. The molecule has 0 spiro atoms. The molecule has 0 aliphatic rings. The molecule has 0 aliphatic heterocycles. The van der Waals surface area contributed by atoms with Crippen molar-refractivity contribution in [2.45, 2.75) is 13.3 Å². The van der Waals surface area contributed by atoms with Gasteiger partial charge in [0.15, 0.2) is 0 Å². The number of ether oxygens (including phenoxy) is 2. The SMILES string of the molecule is C/C=N/OCCCOc1ccc(Oc2ccccc2)cc1. The summed E-state index contributed by atoms with van der Waals surface area (Å²) < 4.78 is 11.3. The minimum atomic E-state index is 0.555. The van der Waals surface area contributed by atoms with Crippen molar-refractivity contribution in [1.29, 1.82) is 0 Å². The van der Waals surface area contributed by atoms with E-state index in [0.29, 0.717) is 13.2 Å². The van der Waals surface area contributed by atoms with Crippen LogP contribution in [0.5, 0.6) is 17.2 Å². The van der Waals surface area contributed by atoms with Crippen LogP contribution in [0.4, 0.5) is 0 Å². The summed E-state index contributed by atoms with van der Waals surface area (Å²) in [5, 5.41) is 3.67. The monoisotopic (exact) mass is 285 g/mol. The van der Waals surface area contributed by atoms with E-state index in [0.717, 1.165) is 23.7 Å². The lowest BCUT2D eigenvalue weighted by molar-refractivity contribution is 0.129. The fraction of sp³-hybridized carbons (Fsp3) is 0.235. The molecule has 21 heavy (non-hydrogen) atoms. The van der Waals surface area contributed by atoms with Crippen molar-refractivity contribution in [3.05, 3.63) is 54.6 Å². The maximum Gasteiger partial charge on any atom is 0.127 e. The normalized spacial score (nSPS) is 10.5. The minimum absolute atomic E-state index is 0.555. The van der Waals surface area contributed by atoms with Gasteiger partial charge in [0.05, 0.1) is 6.61 Å². The molecule has 0 heterocycles. The van der Waals surface area contributed by atoms with Crippen LogP contribution in [0.3, 0.4) is 0 Å². The molecule has 110 valence electrons. The Morgan fingerprint density at radius 3 is 2.24 bits per heavy atom. The van der Waals surface area contributed by atoms with Gasteiger partial charge in [0.1, 0.15) is 23.9 Å². The number of hydrogen-bond donors (Lipinski definition) is 0. The van der Waals surface area contributed by atoms with Gasteiger partial charge >= 0.3 is 0 Å². The summed E-state index contributed by atoms with van der Waals surface area (Å²) in [6.07, 6.45) is 2.41. The summed E-state index contributed by atoms with van der Waals surface area (Å²) in [4.78, 5) is 4.98. The fourth-order valence-electron chi connectivity index (χ4n) is 1.67. The van der Waals surface area contributed by atoms with Crippen molar-refractivity contribution >= 4 is 6.21 Å². The molecule has 0 unspecified atom stereocenters. The predicted molar refractivity (Wildman–Crippen MR) is 83.2 cm³/mol. The highest BCUT2D eigenvalue weighted by Crippen LogP contribution is 2.23. The molecular formula is C17H19NO3. The summed E-state index contributed by atoms with van der Waals surface area (Å²) in [7, 11) is 0. The molecule has 4 heteroatoms. The molecular weight excluding hydrogens is 266 g/mol. The molecule has 0 amide bonds. The number of hydrogen-bond acceptors (Lipinski definition) is 4. The van der Waals surface area contributed by atoms with Gasteiger partial charge in [-0.2, -0.15) is 0 Å². The number of benzene rings is 2. The molecule has 0 saturated carbocycles. The lowest BCUT2D eigenvalue weighted by atomic mass is 10.3. The summed E-state index contributed by atoms with van der Waals surface area (Å²) in [6, 6.07) is 17.2. The molecule has 0 fully saturated rings. The van der Waals surface area contributed by atoms with Crippen LogP contribution in [0.25, 0.3) is 0 Å². The van der Waals surface area contributed by atoms with Gasteiger partial charge in [-0.3, -0.25) is 0 Å². The zero-order valence-corrected chi connectivity index (χ0v) is 12.1. The quantitative estimate of drug-likeness (QED) is 0.413. The third-order valence-corrected chi connectivity index (χ3v) is 2.63. The second kappa shape index (κ2) is 8.64. The van der Waals surface area contributed by atoms with Gasteiger partial charge < -0.3 is 14.3 Å². The Bertz CT molecular complexity index is 538. The van der Waals surface area contributed by atoms with Crippen LogP contribution in [0, 0.1) is 0 Å². The molecule has 0 N–H and O–H groups in total. The Morgan fingerprint density at radius 2 is 1.52 bits per heavy atom. The van der Waals surface area contributed by atoms with Crippen LogP contribution in [0.2, 0.25) is 0 Å². The highest BCUT2D eigenvalue weighted by Gasteiger charge is 1.98. The largest absolute Gasteiger partial charge is 0.493 e. The van der Waals surface area contributed by atoms with Crippen LogP contribution in [-0.4, -0.2) is 19.4 Å². The van der Waals surface area contributed by atoms with Crippen molar-refractivity contribution in [3.8, 4) is 17.2 Å². The fourth-order valence-corrected chi connectivity index (χ4v) is 1.67. The third kappa shape index (κ3) is 5.57. The Morgan fingerprint density at radius 1 is 0.857 bits per heavy atom. The van der Waals surface area contributed by atoms with Crippen molar-refractivity contribution in [1.82, 2.24) is 0 Å². The number of nitrogens with zero attached hydrogens (tertiary/aromatic N) is 1. The minimum Gasteiger partial charge on any atom is -0.493 e. The smallest absolute Gasteiger partial charge is 0.127 e. The summed E-state index contributed by atoms with van der Waals surface area (Å²) >= 11 is 0. The predicted octanol–water partition coefficient (Wildman–Crippen LogP) is 4.27. The molecule has 2 rings (SSSR count). The van der Waals surface area contributed by atoms with E-state index in [2.05, 4.69) is 5.16 Å². The van der Waals surface area contributed by atoms with Gasteiger partial charge in [0.25, 0.3) is 0 Å². The van der Waals surface area contributed by atoms with E-state index in [1.165, 1.54) is 0 Å². The zero-order chi connectivity index (χ0) is 14.8. The first-order valence-corrected chi connectivity index (χ1v) is 6.94. The number of rotatable bonds is 8. The number of oxime groups is 1. The first kappa shape index (κ1) is 14.9. The summed E-state index contributed by atoms with van der Waals surface area (Å²) in [5.41, 5.74) is 0. The Hall–Kier alpha value is -2.49. The zero-order valence-electron chi connectivity index (χ0n) is 12.1.